The van der Waals surface area contributed by atoms with Crippen LogP contribution in [0.3, 0.4) is 0 Å². The first-order chi connectivity index (χ1) is 12.1. The predicted molar refractivity (Wildman–Crippen MR) is 86.6 cm³/mol. The van der Waals surface area contributed by atoms with E-state index >= 15 is 0 Å². The summed E-state index contributed by atoms with van der Waals surface area (Å²) in [4.78, 5) is 12.9. The maximum atomic E-state index is 12.9. The second kappa shape index (κ2) is 4.46. The molecule has 0 spiro atoms. The van der Waals surface area contributed by atoms with E-state index in [4.69, 9.17) is 18.6 Å². The van der Waals surface area contributed by atoms with Crippen molar-refractivity contribution in [2.24, 2.45) is 0 Å². The first-order valence-corrected chi connectivity index (χ1v) is 7.57. The van der Waals surface area contributed by atoms with E-state index in [1.807, 2.05) is 0 Å². The number of fused-ring (bicyclic) bond motifs is 5. The van der Waals surface area contributed by atoms with Gasteiger partial charge in [-0.15, -0.1) is 0 Å². The first-order valence-electron chi connectivity index (χ1n) is 7.57. The van der Waals surface area contributed by atoms with Crippen LogP contribution in [-0.2, 0) is 15.1 Å². The molecule has 7 heteroatoms. The number of benzene rings is 2. The molecular weight excluding hydrogens is 328 g/mol. The normalized spacial score (nSPS) is 23.5. The van der Waals surface area contributed by atoms with Gasteiger partial charge in [-0.1, -0.05) is 6.07 Å². The summed E-state index contributed by atoms with van der Waals surface area (Å²) in [6.45, 7) is 0. The number of phenols is 2. The molecule has 3 aromatic rings. The molecule has 1 aromatic heterocycles. The second-order valence-electron chi connectivity index (χ2n) is 5.94. The topological polar surface area (TPSA) is 98.4 Å². The Hall–Kier alpha value is -3.19. The zero-order chi connectivity index (χ0) is 17.3. The van der Waals surface area contributed by atoms with Gasteiger partial charge in [-0.25, -0.2) is 0 Å². The van der Waals surface area contributed by atoms with Crippen LogP contribution in [0.15, 0.2) is 45.8 Å². The molecule has 2 unspecified atom stereocenters. The Bertz CT molecular complexity index is 1140. The molecule has 126 valence electrons. The number of hydrogen-bond acceptors (Lipinski definition) is 7. The average Bonchev–Trinajstić information content (AvgIpc) is 3.10. The van der Waals surface area contributed by atoms with Crippen molar-refractivity contribution in [3.05, 3.63) is 52.4 Å². The molecule has 0 aliphatic carbocycles. The third-order valence-electron chi connectivity index (χ3n) is 4.74. The fourth-order valence-electron chi connectivity index (χ4n) is 3.56. The molecule has 0 radical (unpaired) electrons. The molecule has 2 N–H and O–H groups in total. The molecule has 0 bridgehead atoms. The fourth-order valence-corrected chi connectivity index (χ4v) is 3.56. The van der Waals surface area contributed by atoms with Crippen LogP contribution in [0, 0.1) is 0 Å². The van der Waals surface area contributed by atoms with Crippen molar-refractivity contribution in [2.45, 2.75) is 11.9 Å². The summed E-state index contributed by atoms with van der Waals surface area (Å²) in [5.41, 5.74) is -1.02. The van der Waals surface area contributed by atoms with Gasteiger partial charge in [0.2, 0.25) is 5.43 Å². The van der Waals surface area contributed by atoms with E-state index in [1.165, 1.54) is 25.5 Å². The predicted octanol–water partition coefficient (Wildman–Crippen LogP) is 2.46. The average molecular weight is 340 g/mol. The van der Waals surface area contributed by atoms with E-state index in [1.54, 1.807) is 18.2 Å². The Balaban J connectivity index is 1.96. The third-order valence-corrected chi connectivity index (χ3v) is 4.74. The lowest BCUT2D eigenvalue weighted by molar-refractivity contribution is -0.127. The maximum absolute atomic E-state index is 12.9. The van der Waals surface area contributed by atoms with Crippen LogP contribution < -0.4 is 10.2 Å². The van der Waals surface area contributed by atoms with Crippen molar-refractivity contribution in [3.8, 4) is 17.2 Å². The number of hydrogen-bond donors (Lipinski definition) is 2. The van der Waals surface area contributed by atoms with Crippen LogP contribution >= 0.6 is 0 Å². The highest BCUT2D eigenvalue weighted by Gasteiger charge is 2.55. The highest BCUT2D eigenvalue weighted by Crippen LogP contribution is 2.53. The summed E-state index contributed by atoms with van der Waals surface area (Å²) < 4.78 is 22.3. The third kappa shape index (κ3) is 1.56. The Kier molecular flexibility index (Phi) is 2.53. The van der Waals surface area contributed by atoms with E-state index < -0.39 is 17.3 Å². The van der Waals surface area contributed by atoms with Gasteiger partial charge in [0.25, 0.3) is 6.29 Å². The van der Waals surface area contributed by atoms with Gasteiger partial charge >= 0.3 is 0 Å². The lowest BCUT2D eigenvalue weighted by Gasteiger charge is -2.23. The van der Waals surface area contributed by atoms with Crippen LogP contribution in [0.4, 0.5) is 0 Å². The van der Waals surface area contributed by atoms with Gasteiger partial charge in [-0.3, -0.25) is 4.79 Å². The Labute approximate surface area is 140 Å². The van der Waals surface area contributed by atoms with Gasteiger partial charge in [0, 0.05) is 13.2 Å². The molecule has 0 fully saturated rings. The Morgan fingerprint density at radius 1 is 1.20 bits per heavy atom. The fraction of sp³-hybridized carbons (Fsp3) is 0.167. The van der Waals surface area contributed by atoms with Crippen LogP contribution in [0.1, 0.15) is 5.56 Å². The summed E-state index contributed by atoms with van der Waals surface area (Å²) in [6, 6.07) is 6.04. The zero-order valence-corrected chi connectivity index (χ0v) is 13.0. The molecule has 0 saturated heterocycles. The van der Waals surface area contributed by atoms with E-state index in [0.717, 1.165) is 0 Å². The molecule has 5 rings (SSSR count). The molecule has 25 heavy (non-hydrogen) atoms. The van der Waals surface area contributed by atoms with Crippen molar-refractivity contribution in [1.29, 1.82) is 0 Å². The molecule has 3 heterocycles. The van der Waals surface area contributed by atoms with E-state index in [0.29, 0.717) is 11.3 Å². The van der Waals surface area contributed by atoms with Crippen molar-refractivity contribution in [1.82, 2.24) is 0 Å². The summed E-state index contributed by atoms with van der Waals surface area (Å²) in [6.07, 6.45) is 2.25. The minimum Gasteiger partial charge on any atom is -0.507 e. The minimum atomic E-state index is -1.15. The number of ether oxygens (including phenoxy) is 3. The van der Waals surface area contributed by atoms with Crippen LogP contribution in [-0.4, -0.2) is 23.6 Å². The van der Waals surface area contributed by atoms with Gasteiger partial charge in [-0.2, -0.15) is 0 Å². The monoisotopic (exact) mass is 340 g/mol. The SMILES string of the molecule is COC12C=COC1Oc1cc3oc4cccc(O)c4c(=O)c3c(O)c12. The molecular formula is C18H12O7. The van der Waals surface area contributed by atoms with Crippen LogP contribution in [0.5, 0.6) is 17.2 Å². The van der Waals surface area contributed by atoms with Gasteiger partial charge < -0.3 is 28.8 Å². The van der Waals surface area contributed by atoms with Gasteiger partial charge in [0.15, 0.2) is 5.60 Å². The van der Waals surface area contributed by atoms with E-state index in [2.05, 4.69) is 0 Å². The van der Waals surface area contributed by atoms with Gasteiger partial charge in [0.1, 0.15) is 39.2 Å². The van der Waals surface area contributed by atoms with E-state index in [-0.39, 0.29) is 33.4 Å². The number of phenolic OH excluding ortho intramolecular Hbond substituents is 2. The quantitative estimate of drug-likeness (QED) is 0.657. The first kappa shape index (κ1) is 14.2. The molecule has 0 amide bonds. The van der Waals surface area contributed by atoms with Gasteiger partial charge in [0.05, 0.1) is 11.8 Å². The van der Waals surface area contributed by atoms with Crippen molar-refractivity contribution in [3.63, 3.8) is 0 Å². The number of methoxy groups -OCH3 is 1. The Morgan fingerprint density at radius 2 is 2.04 bits per heavy atom. The lowest BCUT2D eigenvalue weighted by Crippen LogP contribution is -2.35. The lowest BCUT2D eigenvalue weighted by atomic mass is 9.92. The van der Waals surface area contributed by atoms with Crippen molar-refractivity contribution < 1.29 is 28.8 Å². The molecule has 2 atom stereocenters. The summed E-state index contributed by atoms with van der Waals surface area (Å²) in [5, 5.41) is 20.8. The summed E-state index contributed by atoms with van der Waals surface area (Å²) in [7, 11) is 1.46. The largest absolute Gasteiger partial charge is 0.507 e. The highest BCUT2D eigenvalue weighted by molar-refractivity contribution is 5.97. The second-order valence-corrected chi connectivity index (χ2v) is 5.94. The van der Waals surface area contributed by atoms with Gasteiger partial charge in [-0.05, 0) is 18.2 Å². The van der Waals surface area contributed by atoms with E-state index in [9.17, 15) is 15.0 Å². The molecule has 2 aliphatic rings. The smallest absolute Gasteiger partial charge is 0.277 e. The Morgan fingerprint density at radius 3 is 2.84 bits per heavy atom. The molecule has 0 saturated carbocycles. The molecule has 7 nitrogen and oxygen atoms in total. The summed E-state index contributed by atoms with van der Waals surface area (Å²) in [5.74, 6) is -0.220. The molecule has 2 aliphatic heterocycles. The van der Waals surface area contributed by atoms with Crippen molar-refractivity contribution in [2.75, 3.05) is 7.11 Å². The molecule has 2 aromatic carbocycles. The standard InChI is InChI=1S/C18H12O7/c1-22-18-5-6-23-17(18)25-11-7-10-13(16(21)14(11)18)15(20)12-8(19)3-2-4-9(12)24-10/h2-7,17,19,21H,1H3. The maximum Gasteiger partial charge on any atom is 0.277 e. The van der Waals surface area contributed by atoms with Crippen LogP contribution in [0.25, 0.3) is 21.9 Å². The number of aromatic hydroxyl groups is 2. The highest BCUT2D eigenvalue weighted by atomic mass is 16.7. The number of rotatable bonds is 1. The van der Waals surface area contributed by atoms with Crippen LogP contribution in [0.2, 0.25) is 0 Å². The minimum absolute atomic E-state index is 0.00500. The zero-order valence-electron chi connectivity index (χ0n) is 13.0. The summed E-state index contributed by atoms with van der Waals surface area (Å²) >= 11 is 0. The van der Waals surface area contributed by atoms with Crippen molar-refractivity contribution >= 4 is 21.9 Å².